The van der Waals surface area contributed by atoms with Crippen LogP contribution in [0.25, 0.3) is 0 Å². The maximum Gasteiger partial charge on any atom is 1.00 e. The van der Waals surface area contributed by atoms with E-state index in [1.165, 1.54) is 35.5 Å². The van der Waals surface area contributed by atoms with Gasteiger partial charge in [0.25, 0.3) is 0 Å². The summed E-state index contributed by atoms with van der Waals surface area (Å²) in [5, 5.41) is 22.2. The van der Waals surface area contributed by atoms with Crippen molar-refractivity contribution in [3.8, 4) is 0 Å². The second kappa shape index (κ2) is 26.0. The minimum Gasteiger partial charge on any atom is -1.00 e. The molecule has 0 saturated carbocycles. The molecule has 1 fully saturated rings. The third-order valence-electron chi connectivity index (χ3n) is 2.40. The Bertz CT molecular complexity index is 645. The molecular weight excluding hydrogens is 508 g/mol. The third kappa shape index (κ3) is 21.0. The number of hydrogen-bond acceptors (Lipinski definition) is 10. The van der Waals surface area contributed by atoms with Gasteiger partial charge in [0.05, 0.1) is 6.61 Å². The first-order valence-electron chi connectivity index (χ1n) is 7.67. The average molecular weight is 531 g/mol. The van der Waals surface area contributed by atoms with Gasteiger partial charge in [-0.25, -0.2) is 15.0 Å². The molecule has 1 saturated heterocycles. The fourth-order valence-corrected chi connectivity index (χ4v) is 3.05. The summed E-state index contributed by atoms with van der Waals surface area (Å²) in [6.45, 7) is 2.07. The summed E-state index contributed by atoms with van der Waals surface area (Å²) in [4.78, 5) is 21.2. The monoisotopic (exact) mass is 530 g/mol. The number of rotatable bonds is 2. The van der Waals surface area contributed by atoms with Gasteiger partial charge < -0.3 is 16.4 Å². The molecule has 0 bridgehead atoms. The van der Waals surface area contributed by atoms with E-state index in [0.717, 1.165) is 35.5 Å². The second-order valence-electron chi connectivity index (χ2n) is 4.18. The molecule has 0 aromatic carbocycles. The minimum atomic E-state index is 0. The predicted octanol–water partition coefficient (Wildman–Crippen LogP) is 0.638. The Morgan fingerprint density at radius 3 is 1.83 bits per heavy atom. The standard InChI is InChI=1S/C4H5NOS.C4H3NOS.C4H8O.C3H2BrNS.CH4O.B.Na.H/c2*6-3-4-5-1-2-7-4;1-2-4-5-3-1;4-3-5-1-2-6-3;1-2;;;/h1-2,6H,3H2;1-3H;1-4H2;1-2H;2H,1H3;;;/q;;;;;;+1;-1. The van der Waals surface area contributed by atoms with E-state index in [0.29, 0.717) is 5.01 Å². The van der Waals surface area contributed by atoms with Crippen molar-refractivity contribution >= 4 is 64.6 Å². The minimum absolute atomic E-state index is 0. The molecule has 29 heavy (non-hydrogen) atoms. The molecule has 3 aromatic heterocycles. The molecule has 7 nitrogen and oxygen atoms in total. The van der Waals surface area contributed by atoms with Crippen molar-refractivity contribution in [2.24, 2.45) is 0 Å². The van der Waals surface area contributed by atoms with E-state index in [2.05, 4.69) is 30.9 Å². The summed E-state index contributed by atoms with van der Waals surface area (Å²) >= 11 is 7.58. The van der Waals surface area contributed by atoms with E-state index in [4.69, 9.17) is 14.9 Å². The van der Waals surface area contributed by atoms with Gasteiger partial charge in [0, 0.05) is 63.5 Å². The Kier molecular flexibility index (Phi) is 30.2. The van der Waals surface area contributed by atoms with Crippen LogP contribution in [0.4, 0.5) is 0 Å². The fraction of sp³-hybridized carbons (Fsp3) is 0.375. The molecule has 13 heteroatoms. The Morgan fingerprint density at radius 1 is 1.07 bits per heavy atom. The number of aldehydes is 1. The molecule has 0 unspecified atom stereocenters. The van der Waals surface area contributed by atoms with Crippen LogP contribution >= 0.6 is 49.9 Å². The van der Waals surface area contributed by atoms with Crippen LogP contribution < -0.4 is 29.6 Å². The zero-order chi connectivity index (χ0) is 20.2. The maximum absolute atomic E-state index is 9.82. The molecule has 0 aliphatic carbocycles. The number of aliphatic hydroxyl groups is 2. The van der Waals surface area contributed by atoms with Gasteiger partial charge in [0.2, 0.25) is 0 Å². The van der Waals surface area contributed by atoms with Crippen molar-refractivity contribution in [1.29, 1.82) is 0 Å². The van der Waals surface area contributed by atoms with E-state index in [9.17, 15) is 4.79 Å². The van der Waals surface area contributed by atoms with Crippen molar-refractivity contribution in [3.05, 3.63) is 48.7 Å². The van der Waals surface area contributed by atoms with Crippen molar-refractivity contribution < 1.29 is 50.7 Å². The topological polar surface area (TPSA) is 105 Å². The Balaban J connectivity index is -0.000000142. The molecular formula is C16H23BBrN3NaO4S3. The van der Waals surface area contributed by atoms with E-state index in [1.54, 1.807) is 35.3 Å². The first kappa shape index (κ1) is 33.6. The van der Waals surface area contributed by atoms with Crippen LogP contribution in [0.2, 0.25) is 0 Å². The number of carbonyl (C=O) groups excluding carboxylic acids is 1. The SMILES string of the molecule is Brc1nccs1.C1CCOC1.CO.O=Cc1nccs1.OCc1nccs1.[B].[H-].[Na+]. The normalized spacial score (nSPS) is 10.5. The number of thiazole rings is 3. The van der Waals surface area contributed by atoms with E-state index in [-0.39, 0.29) is 46.0 Å². The zero-order valence-corrected chi connectivity index (χ0v) is 22.3. The van der Waals surface area contributed by atoms with Gasteiger partial charge >= 0.3 is 29.6 Å². The van der Waals surface area contributed by atoms with Crippen molar-refractivity contribution in [2.45, 2.75) is 19.4 Å². The van der Waals surface area contributed by atoms with Crippen molar-refractivity contribution in [1.82, 2.24) is 15.0 Å². The first-order valence-corrected chi connectivity index (χ1v) is 11.1. The van der Waals surface area contributed by atoms with Crippen LogP contribution in [0.15, 0.2) is 38.6 Å². The summed E-state index contributed by atoms with van der Waals surface area (Å²) in [6.07, 6.45) is 8.34. The fourth-order valence-electron chi connectivity index (χ4n) is 1.34. The number of ether oxygens (including phenoxy) is 1. The number of carbonyl (C=O) groups is 1. The van der Waals surface area contributed by atoms with Crippen LogP contribution in [-0.4, -0.2) is 60.2 Å². The Hall–Kier alpha value is -0.0151. The molecule has 2 N–H and O–H groups in total. The number of halogens is 1. The smallest absolute Gasteiger partial charge is 1.00 e. The number of hydrogen-bond donors (Lipinski definition) is 2. The Labute approximate surface area is 217 Å². The number of nitrogens with zero attached hydrogens (tertiary/aromatic N) is 3. The molecule has 4 heterocycles. The van der Waals surface area contributed by atoms with Gasteiger partial charge in [-0.1, -0.05) is 0 Å². The summed E-state index contributed by atoms with van der Waals surface area (Å²) in [5.41, 5.74) is 0. The molecule has 1 aliphatic rings. The molecule has 155 valence electrons. The van der Waals surface area contributed by atoms with Crippen LogP contribution in [-0.2, 0) is 11.3 Å². The molecule has 4 rings (SSSR count). The van der Waals surface area contributed by atoms with Crippen LogP contribution in [0.1, 0.15) is 29.1 Å². The molecule has 1 aliphatic heterocycles. The predicted molar refractivity (Wildman–Crippen MR) is 120 cm³/mol. The van der Waals surface area contributed by atoms with Gasteiger partial charge in [0.1, 0.15) is 5.01 Å². The van der Waals surface area contributed by atoms with Crippen LogP contribution in [0.5, 0.6) is 0 Å². The molecule has 0 atom stereocenters. The van der Waals surface area contributed by atoms with E-state index >= 15 is 0 Å². The first-order chi connectivity index (χ1) is 13.3. The maximum atomic E-state index is 9.82. The van der Waals surface area contributed by atoms with Crippen molar-refractivity contribution in [3.63, 3.8) is 0 Å². The van der Waals surface area contributed by atoms with Gasteiger partial charge in [0.15, 0.2) is 15.2 Å². The molecule has 0 amide bonds. The Morgan fingerprint density at radius 2 is 1.62 bits per heavy atom. The van der Waals surface area contributed by atoms with Gasteiger partial charge in [-0.05, 0) is 28.8 Å². The third-order valence-corrected chi connectivity index (χ3v) is 5.19. The van der Waals surface area contributed by atoms with E-state index in [1.807, 2.05) is 10.8 Å². The molecule has 3 aromatic rings. The molecule has 3 radical (unpaired) electrons. The summed E-state index contributed by atoms with van der Waals surface area (Å²) < 4.78 is 5.89. The summed E-state index contributed by atoms with van der Waals surface area (Å²) in [7, 11) is 1.00. The largest absolute Gasteiger partial charge is 1.00 e. The number of aromatic nitrogens is 3. The zero-order valence-electron chi connectivity index (χ0n) is 17.3. The summed E-state index contributed by atoms with van der Waals surface area (Å²) in [6, 6.07) is 0. The quantitative estimate of drug-likeness (QED) is 0.370. The average Bonchev–Trinajstić information content (AvgIpc) is 3.54. The summed E-state index contributed by atoms with van der Waals surface area (Å²) in [5.74, 6) is 0. The molecule has 0 spiro atoms. The van der Waals surface area contributed by atoms with Crippen LogP contribution in [0, 0.1) is 0 Å². The van der Waals surface area contributed by atoms with Crippen molar-refractivity contribution in [2.75, 3.05) is 20.3 Å². The second-order valence-corrected chi connectivity index (χ2v) is 8.25. The van der Waals surface area contributed by atoms with Gasteiger partial charge in [-0.2, -0.15) is 0 Å². The van der Waals surface area contributed by atoms with Gasteiger partial charge in [-0.15, -0.1) is 34.0 Å². The van der Waals surface area contributed by atoms with Crippen LogP contribution in [0.3, 0.4) is 0 Å². The number of aliphatic hydroxyl groups excluding tert-OH is 2. The van der Waals surface area contributed by atoms with Gasteiger partial charge in [-0.3, -0.25) is 4.79 Å². The van der Waals surface area contributed by atoms with E-state index < -0.39 is 0 Å².